The van der Waals surface area contributed by atoms with E-state index in [4.69, 9.17) is 14.2 Å². The van der Waals surface area contributed by atoms with Crippen LogP contribution in [0.15, 0.2) is 36.9 Å². The van der Waals surface area contributed by atoms with Crippen LogP contribution < -0.4 is 4.74 Å². The molecule has 1 aliphatic rings. The molecule has 0 bridgehead atoms. The van der Waals surface area contributed by atoms with Crippen molar-refractivity contribution in [2.75, 3.05) is 13.2 Å². The molecule has 0 amide bonds. The SMILES string of the molecule is C=CC(=O)Oc1ccc(C(C)(C)OCC2CO2)cc1. The Balaban J connectivity index is 1.99. The molecule has 19 heavy (non-hydrogen) atoms. The Labute approximate surface area is 113 Å². The lowest BCUT2D eigenvalue weighted by Gasteiger charge is -2.25. The number of epoxide rings is 1. The van der Waals surface area contributed by atoms with Crippen LogP contribution in [0.2, 0.25) is 0 Å². The minimum atomic E-state index is -0.464. The molecule has 0 N–H and O–H groups in total. The first kappa shape index (κ1) is 13.8. The topological polar surface area (TPSA) is 48.1 Å². The zero-order valence-electron chi connectivity index (χ0n) is 11.2. The van der Waals surface area contributed by atoms with Crippen molar-refractivity contribution in [2.24, 2.45) is 0 Å². The van der Waals surface area contributed by atoms with Crippen molar-refractivity contribution in [3.8, 4) is 5.75 Å². The summed E-state index contributed by atoms with van der Waals surface area (Å²) < 4.78 is 16.0. The highest BCUT2D eigenvalue weighted by molar-refractivity contribution is 5.83. The molecule has 0 saturated carbocycles. The largest absolute Gasteiger partial charge is 0.423 e. The Bertz CT molecular complexity index is 458. The van der Waals surface area contributed by atoms with Gasteiger partial charge in [-0.3, -0.25) is 0 Å². The van der Waals surface area contributed by atoms with E-state index < -0.39 is 11.6 Å². The number of benzene rings is 1. The second-order valence-electron chi connectivity index (χ2n) is 4.93. The molecule has 102 valence electrons. The second-order valence-corrected chi connectivity index (χ2v) is 4.93. The molecular formula is C15H18O4. The van der Waals surface area contributed by atoms with Gasteiger partial charge < -0.3 is 14.2 Å². The van der Waals surface area contributed by atoms with Crippen molar-refractivity contribution < 1.29 is 19.0 Å². The first-order valence-corrected chi connectivity index (χ1v) is 6.21. The van der Waals surface area contributed by atoms with Crippen molar-refractivity contribution in [1.29, 1.82) is 0 Å². The van der Waals surface area contributed by atoms with Gasteiger partial charge in [0.2, 0.25) is 0 Å². The molecule has 1 saturated heterocycles. The van der Waals surface area contributed by atoms with E-state index in [2.05, 4.69) is 6.58 Å². The third-order valence-corrected chi connectivity index (χ3v) is 2.97. The Morgan fingerprint density at radius 1 is 1.47 bits per heavy atom. The Hall–Kier alpha value is -1.65. The molecular weight excluding hydrogens is 244 g/mol. The molecule has 1 unspecified atom stereocenters. The maximum atomic E-state index is 11.1. The van der Waals surface area contributed by atoms with Crippen molar-refractivity contribution in [3.05, 3.63) is 42.5 Å². The fraction of sp³-hybridized carbons (Fsp3) is 0.400. The quantitative estimate of drug-likeness (QED) is 0.342. The summed E-state index contributed by atoms with van der Waals surface area (Å²) in [7, 11) is 0. The van der Waals surface area contributed by atoms with Crippen molar-refractivity contribution in [2.45, 2.75) is 25.6 Å². The molecule has 2 rings (SSSR count). The predicted octanol–water partition coefficient (Wildman–Crippen LogP) is 2.43. The number of rotatable bonds is 6. The van der Waals surface area contributed by atoms with Gasteiger partial charge in [-0.05, 0) is 31.5 Å². The van der Waals surface area contributed by atoms with Gasteiger partial charge in [0.1, 0.15) is 11.9 Å². The Kier molecular flexibility index (Phi) is 4.02. The summed E-state index contributed by atoms with van der Waals surface area (Å²) in [5.74, 6) is 0.0316. The molecule has 1 heterocycles. The molecule has 1 aliphatic heterocycles. The summed E-state index contributed by atoms with van der Waals surface area (Å²) in [6.45, 7) is 8.74. The normalized spacial score (nSPS) is 17.9. The zero-order valence-corrected chi connectivity index (χ0v) is 11.2. The fourth-order valence-electron chi connectivity index (χ4n) is 1.63. The van der Waals surface area contributed by atoms with Gasteiger partial charge in [0.25, 0.3) is 0 Å². The van der Waals surface area contributed by atoms with Gasteiger partial charge in [-0.15, -0.1) is 0 Å². The van der Waals surface area contributed by atoms with Crippen LogP contribution in [0, 0.1) is 0 Å². The average molecular weight is 262 g/mol. The third-order valence-electron chi connectivity index (χ3n) is 2.97. The Morgan fingerprint density at radius 3 is 2.63 bits per heavy atom. The lowest BCUT2D eigenvalue weighted by atomic mass is 9.98. The summed E-state index contributed by atoms with van der Waals surface area (Å²) in [4.78, 5) is 11.1. The second kappa shape index (κ2) is 5.55. The summed E-state index contributed by atoms with van der Waals surface area (Å²) in [6, 6.07) is 7.27. The summed E-state index contributed by atoms with van der Waals surface area (Å²) in [6.07, 6.45) is 1.38. The average Bonchev–Trinajstić information content (AvgIpc) is 3.21. The predicted molar refractivity (Wildman–Crippen MR) is 71.0 cm³/mol. The lowest BCUT2D eigenvalue weighted by molar-refractivity contribution is -0.128. The first-order valence-electron chi connectivity index (χ1n) is 6.21. The van der Waals surface area contributed by atoms with Gasteiger partial charge in [-0.25, -0.2) is 4.79 Å². The maximum Gasteiger partial charge on any atom is 0.335 e. The molecule has 0 aliphatic carbocycles. The van der Waals surface area contributed by atoms with Gasteiger partial charge >= 0.3 is 5.97 Å². The number of esters is 1. The van der Waals surface area contributed by atoms with E-state index in [1.807, 2.05) is 26.0 Å². The van der Waals surface area contributed by atoms with Crippen LogP contribution in [0.5, 0.6) is 5.75 Å². The van der Waals surface area contributed by atoms with Gasteiger partial charge in [-0.2, -0.15) is 0 Å². The van der Waals surface area contributed by atoms with Crippen LogP contribution in [0.3, 0.4) is 0 Å². The van der Waals surface area contributed by atoms with Gasteiger partial charge in [-0.1, -0.05) is 18.7 Å². The fourth-order valence-corrected chi connectivity index (χ4v) is 1.63. The van der Waals surface area contributed by atoms with Gasteiger partial charge in [0.05, 0.1) is 18.8 Å². The van der Waals surface area contributed by atoms with Crippen LogP contribution in [-0.4, -0.2) is 25.3 Å². The number of hydrogen-bond donors (Lipinski definition) is 0. The summed E-state index contributed by atoms with van der Waals surface area (Å²) in [5.41, 5.74) is 0.624. The highest BCUT2D eigenvalue weighted by Crippen LogP contribution is 2.28. The summed E-state index contributed by atoms with van der Waals surface area (Å²) >= 11 is 0. The highest BCUT2D eigenvalue weighted by Gasteiger charge is 2.28. The molecule has 0 radical (unpaired) electrons. The highest BCUT2D eigenvalue weighted by atomic mass is 16.6. The number of hydrogen-bond acceptors (Lipinski definition) is 4. The van der Waals surface area contributed by atoms with E-state index in [0.29, 0.717) is 12.4 Å². The van der Waals surface area contributed by atoms with Crippen molar-refractivity contribution in [1.82, 2.24) is 0 Å². The van der Waals surface area contributed by atoms with Crippen LogP contribution in [0.4, 0.5) is 0 Å². The van der Waals surface area contributed by atoms with Crippen LogP contribution in [0.25, 0.3) is 0 Å². The molecule has 0 aromatic heterocycles. The van der Waals surface area contributed by atoms with Gasteiger partial charge in [0, 0.05) is 6.08 Å². The summed E-state index contributed by atoms with van der Waals surface area (Å²) in [5, 5.41) is 0. The Morgan fingerprint density at radius 2 is 2.11 bits per heavy atom. The number of carbonyl (C=O) groups excluding carboxylic acids is 1. The first-order chi connectivity index (χ1) is 9.01. The van der Waals surface area contributed by atoms with Crippen molar-refractivity contribution in [3.63, 3.8) is 0 Å². The monoisotopic (exact) mass is 262 g/mol. The van der Waals surface area contributed by atoms with E-state index in [9.17, 15) is 4.79 Å². The van der Waals surface area contributed by atoms with Crippen LogP contribution in [0.1, 0.15) is 19.4 Å². The van der Waals surface area contributed by atoms with Gasteiger partial charge in [0.15, 0.2) is 0 Å². The third kappa shape index (κ3) is 3.91. The maximum absolute atomic E-state index is 11.1. The van der Waals surface area contributed by atoms with E-state index in [1.54, 1.807) is 12.1 Å². The molecule has 4 nitrogen and oxygen atoms in total. The number of ether oxygens (including phenoxy) is 3. The lowest BCUT2D eigenvalue weighted by Crippen LogP contribution is -2.23. The van der Waals surface area contributed by atoms with E-state index in [1.165, 1.54) is 0 Å². The molecule has 1 atom stereocenters. The number of carbonyl (C=O) groups is 1. The smallest absolute Gasteiger partial charge is 0.335 e. The van der Waals surface area contributed by atoms with Crippen LogP contribution in [-0.2, 0) is 19.9 Å². The molecule has 1 aromatic rings. The molecule has 0 spiro atoms. The minimum absolute atomic E-state index is 0.243. The van der Waals surface area contributed by atoms with E-state index >= 15 is 0 Å². The van der Waals surface area contributed by atoms with Crippen LogP contribution >= 0.6 is 0 Å². The molecule has 4 heteroatoms. The zero-order chi connectivity index (χ0) is 13.9. The van der Waals surface area contributed by atoms with E-state index in [-0.39, 0.29) is 6.10 Å². The minimum Gasteiger partial charge on any atom is -0.423 e. The molecule has 1 fully saturated rings. The molecule has 1 aromatic carbocycles. The standard InChI is InChI=1S/C15H18O4/c1-4-14(16)19-12-7-5-11(6-8-12)15(2,3)18-10-13-9-17-13/h4-8,13H,1,9-10H2,2-3H3. The van der Waals surface area contributed by atoms with E-state index in [0.717, 1.165) is 18.2 Å². The van der Waals surface area contributed by atoms with Crippen molar-refractivity contribution >= 4 is 5.97 Å².